The van der Waals surface area contributed by atoms with Crippen LogP contribution >= 0.6 is 0 Å². The van der Waals surface area contributed by atoms with E-state index in [2.05, 4.69) is 34.2 Å². The first-order valence-corrected chi connectivity index (χ1v) is 8.26. The monoisotopic (exact) mass is 273 g/mol. The lowest BCUT2D eigenvalue weighted by molar-refractivity contribution is 0.172. The molecule has 1 aliphatic carbocycles. The summed E-state index contributed by atoms with van der Waals surface area (Å²) in [5.41, 5.74) is 2.82. The zero-order valence-electron chi connectivity index (χ0n) is 12.6. The normalized spacial score (nSPS) is 27.9. The molecule has 1 fully saturated rings. The molecule has 3 heteroatoms. The molecule has 3 rings (SSSR count). The SMILES string of the molecule is CCc1cn[nH]c1[C@@H]1CCCN(C[C@@H]2CC=CCC2)C1. The predicted molar refractivity (Wildman–Crippen MR) is 82.9 cm³/mol. The number of H-pyrrole nitrogens is 1. The van der Waals surface area contributed by atoms with Crippen molar-refractivity contribution in [2.24, 2.45) is 5.92 Å². The molecule has 0 spiro atoms. The van der Waals surface area contributed by atoms with Crippen molar-refractivity contribution >= 4 is 0 Å². The number of aromatic nitrogens is 2. The van der Waals surface area contributed by atoms with Crippen LogP contribution in [0.1, 0.15) is 56.2 Å². The van der Waals surface area contributed by atoms with Crippen molar-refractivity contribution in [1.29, 1.82) is 0 Å². The van der Waals surface area contributed by atoms with Gasteiger partial charge in [0.05, 0.1) is 6.20 Å². The summed E-state index contributed by atoms with van der Waals surface area (Å²) in [6.07, 6.45) is 14.4. The van der Waals surface area contributed by atoms with E-state index in [4.69, 9.17) is 0 Å². The predicted octanol–water partition coefficient (Wildman–Crippen LogP) is 3.51. The van der Waals surface area contributed by atoms with Crippen LogP contribution in [0.3, 0.4) is 0 Å². The molecule has 110 valence electrons. The summed E-state index contributed by atoms with van der Waals surface area (Å²) in [6.45, 7) is 6.02. The number of likely N-dealkylation sites (tertiary alicyclic amines) is 1. The van der Waals surface area contributed by atoms with Crippen molar-refractivity contribution in [2.75, 3.05) is 19.6 Å². The van der Waals surface area contributed by atoms with Crippen LogP contribution in [0.25, 0.3) is 0 Å². The Morgan fingerprint density at radius 1 is 1.35 bits per heavy atom. The first-order chi connectivity index (χ1) is 9.86. The minimum atomic E-state index is 0.667. The van der Waals surface area contributed by atoms with E-state index in [9.17, 15) is 0 Å². The maximum atomic E-state index is 4.26. The number of nitrogens with zero attached hydrogens (tertiary/aromatic N) is 2. The molecule has 0 aromatic carbocycles. The van der Waals surface area contributed by atoms with Gasteiger partial charge in [0.2, 0.25) is 0 Å². The molecule has 0 unspecified atom stereocenters. The zero-order valence-corrected chi connectivity index (χ0v) is 12.6. The summed E-state index contributed by atoms with van der Waals surface area (Å²) in [6, 6.07) is 0. The van der Waals surface area contributed by atoms with E-state index in [0.717, 1.165) is 12.3 Å². The number of hydrogen-bond acceptors (Lipinski definition) is 2. The maximum Gasteiger partial charge on any atom is 0.0522 e. The van der Waals surface area contributed by atoms with Gasteiger partial charge in [0, 0.05) is 24.7 Å². The first kappa shape index (κ1) is 13.9. The van der Waals surface area contributed by atoms with Crippen molar-refractivity contribution < 1.29 is 0 Å². The standard InChI is InChI=1S/C17H27N3/c1-2-15-11-18-19-17(15)16-9-6-10-20(13-16)12-14-7-4-3-5-8-14/h3-4,11,14,16H,2,5-10,12-13H2,1H3,(H,18,19)/t14-,16-/m1/s1. The van der Waals surface area contributed by atoms with Gasteiger partial charge in [0.15, 0.2) is 0 Å². The Kier molecular flexibility index (Phi) is 4.56. The van der Waals surface area contributed by atoms with Crippen molar-refractivity contribution in [2.45, 2.75) is 51.4 Å². The van der Waals surface area contributed by atoms with Gasteiger partial charge >= 0.3 is 0 Å². The van der Waals surface area contributed by atoms with Crippen LogP contribution in [-0.2, 0) is 6.42 Å². The number of aromatic amines is 1. The molecule has 0 radical (unpaired) electrons. The number of hydrogen-bond donors (Lipinski definition) is 1. The second-order valence-electron chi connectivity index (χ2n) is 6.41. The van der Waals surface area contributed by atoms with E-state index >= 15 is 0 Å². The van der Waals surface area contributed by atoms with Crippen molar-refractivity contribution in [3.05, 3.63) is 29.6 Å². The molecule has 0 saturated carbocycles. The van der Waals surface area contributed by atoms with Crippen molar-refractivity contribution in [1.82, 2.24) is 15.1 Å². The second-order valence-corrected chi connectivity index (χ2v) is 6.41. The Hall–Kier alpha value is -1.09. The lowest BCUT2D eigenvalue weighted by atomic mass is 9.89. The van der Waals surface area contributed by atoms with Gasteiger partial charge in [-0.05, 0) is 56.6 Å². The highest BCUT2D eigenvalue weighted by atomic mass is 15.2. The molecular formula is C17H27N3. The Morgan fingerprint density at radius 2 is 2.30 bits per heavy atom. The lowest BCUT2D eigenvalue weighted by Gasteiger charge is -2.35. The van der Waals surface area contributed by atoms with Crippen LogP contribution in [0.2, 0.25) is 0 Å². The van der Waals surface area contributed by atoms with Gasteiger partial charge in [-0.2, -0.15) is 5.10 Å². The van der Waals surface area contributed by atoms with Gasteiger partial charge < -0.3 is 4.90 Å². The third-order valence-electron chi connectivity index (χ3n) is 4.94. The zero-order chi connectivity index (χ0) is 13.8. The average Bonchev–Trinajstić information content (AvgIpc) is 2.97. The number of piperidine rings is 1. The Morgan fingerprint density at radius 3 is 3.10 bits per heavy atom. The highest BCUT2D eigenvalue weighted by molar-refractivity contribution is 5.21. The fraction of sp³-hybridized carbons (Fsp3) is 0.706. The molecule has 3 nitrogen and oxygen atoms in total. The molecule has 0 bridgehead atoms. The Balaban J connectivity index is 1.60. The first-order valence-electron chi connectivity index (χ1n) is 8.26. The number of aryl methyl sites for hydroxylation is 1. The van der Waals surface area contributed by atoms with Gasteiger partial charge in [-0.3, -0.25) is 5.10 Å². The molecule has 1 aromatic rings. The van der Waals surface area contributed by atoms with Crippen LogP contribution < -0.4 is 0 Å². The largest absolute Gasteiger partial charge is 0.302 e. The van der Waals surface area contributed by atoms with Crippen molar-refractivity contribution in [3.63, 3.8) is 0 Å². The van der Waals surface area contributed by atoms with Gasteiger partial charge in [0.1, 0.15) is 0 Å². The van der Waals surface area contributed by atoms with E-state index < -0.39 is 0 Å². The third-order valence-corrected chi connectivity index (χ3v) is 4.94. The van der Waals surface area contributed by atoms with Crippen LogP contribution in [0, 0.1) is 5.92 Å². The fourth-order valence-corrected chi connectivity index (χ4v) is 3.80. The molecule has 2 atom stereocenters. The highest BCUT2D eigenvalue weighted by Crippen LogP contribution is 2.29. The minimum Gasteiger partial charge on any atom is -0.302 e. The van der Waals surface area contributed by atoms with E-state index in [1.165, 1.54) is 63.0 Å². The van der Waals surface area contributed by atoms with Gasteiger partial charge in [0.25, 0.3) is 0 Å². The molecule has 0 amide bonds. The van der Waals surface area contributed by atoms with Crippen LogP contribution in [0.4, 0.5) is 0 Å². The quantitative estimate of drug-likeness (QED) is 0.851. The van der Waals surface area contributed by atoms with E-state index in [1.807, 2.05) is 6.20 Å². The summed E-state index contributed by atoms with van der Waals surface area (Å²) in [5.74, 6) is 1.55. The lowest BCUT2D eigenvalue weighted by Crippen LogP contribution is -2.38. The summed E-state index contributed by atoms with van der Waals surface area (Å²) in [5, 5.41) is 7.52. The number of nitrogens with one attached hydrogen (secondary N) is 1. The molecule has 2 aliphatic rings. The summed E-state index contributed by atoms with van der Waals surface area (Å²) in [7, 11) is 0. The van der Waals surface area contributed by atoms with E-state index in [0.29, 0.717) is 5.92 Å². The second kappa shape index (κ2) is 6.57. The van der Waals surface area contributed by atoms with Gasteiger partial charge in [-0.25, -0.2) is 0 Å². The fourth-order valence-electron chi connectivity index (χ4n) is 3.80. The molecule has 1 N–H and O–H groups in total. The van der Waals surface area contributed by atoms with E-state index in [-0.39, 0.29) is 0 Å². The maximum absolute atomic E-state index is 4.26. The molecular weight excluding hydrogens is 246 g/mol. The summed E-state index contributed by atoms with van der Waals surface area (Å²) in [4.78, 5) is 2.69. The van der Waals surface area contributed by atoms with Crippen LogP contribution in [-0.4, -0.2) is 34.7 Å². The average molecular weight is 273 g/mol. The van der Waals surface area contributed by atoms with Crippen molar-refractivity contribution in [3.8, 4) is 0 Å². The Labute approximate surface area is 122 Å². The third kappa shape index (κ3) is 3.14. The molecule has 1 saturated heterocycles. The summed E-state index contributed by atoms with van der Waals surface area (Å²) < 4.78 is 0. The van der Waals surface area contributed by atoms with Gasteiger partial charge in [-0.1, -0.05) is 19.1 Å². The van der Waals surface area contributed by atoms with Crippen LogP contribution in [0.15, 0.2) is 18.3 Å². The topological polar surface area (TPSA) is 31.9 Å². The molecule has 1 aliphatic heterocycles. The highest BCUT2D eigenvalue weighted by Gasteiger charge is 2.25. The van der Waals surface area contributed by atoms with Crippen LogP contribution in [0.5, 0.6) is 0 Å². The van der Waals surface area contributed by atoms with E-state index in [1.54, 1.807) is 0 Å². The number of rotatable bonds is 4. The number of allylic oxidation sites excluding steroid dienone is 2. The molecule has 2 heterocycles. The summed E-state index contributed by atoms with van der Waals surface area (Å²) >= 11 is 0. The minimum absolute atomic E-state index is 0.667. The van der Waals surface area contributed by atoms with Gasteiger partial charge in [-0.15, -0.1) is 0 Å². The Bertz CT molecular complexity index is 449. The molecule has 20 heavy (non-hydrogen) atoms. The molecule has 1 aromatic heterocycles. The smallest absolute Gasteiger partial charge is 0.0522 e.